The van der Waals surface area contributed by atoms with Crippen LogP contribution in [0.4, 0.5) is 0 Å². The zero-order chi connectivity index (χ0) is 12.9. The first-order valence-electron chi connectivity index (χ1n) is 6.07. The van der Waals surface area contributed by atoms with Crippen LogP contribution >= 0.6 is 0 Å². The lowest BCUT2D eigenvalue weighted by molar-refractivity contribution is -0.148. The van der Waals surface area contributed by atoms with Crippen molar-refractivity contribution >= 4 is 16.9 Å². The molecule has 0 spiro atoms. The number of aromatic nitrogens is 1. The Labute approximate surface area is 105 Å². The van der Waals surface area contributed by atoms with Crippen LogP contribution in [0.25, 0.3) is 10.9 Å². The first-order valence-corrected chi connectivity index (χ1v) is 6.07. The van der Waals surface area contributed by atoms with Gasteiger partial charge in [-0.15, -0.1) is 0 Å². The highest BCUT2D eigenvalue weighted by molar-refractivity contribution is 5.87. The van der Waals surface area contributed by atoms with E-state index in [0.717, 1.165) is 16.5 Å². The van der Waals surface area contributed by atoms with Crippen molar-refractivity contribution < 1.29 is 9.90 Å². The maximum Gasteiger partial charge on any atom is 0.314 e. The molecule has 4 nitrogen and oxygen atoms in total. The molecule has 1 saturated carbocycles. The molecular weight excluding hydrogens is 228 g/mol. The molecule has 1 aromatic carbocycles. The predicted molar refractivity (Wildman–Crippen MR) is 69.4 cm³/mol. The average Bonchev–Trinajstić information content (AvgIpc) is 2.66. The molecule has 1 heterocycles. The van der Waals surface area contributed by atoms with E-state index in [9.17, 15) is 9.90 Å². The molecule has 2 aromatic rings. The second-order valence-electron chi connectivity index (χ2n) is 5.26. The van der Waals surface area contributed by atoms with Gasteiger partial charge >= 0.3 is 5.97 Å². The molecule has 0 aliphatic heterocycles. The van der Waals surface area contributed by atoms with Gasteiger partial charge < -0.3 is 15.4 Å². The number of nitrogens with zero attached hydrogens (tertiary/aromatic N) is 1. The highest BCUT2D eigenvalue weighted by atomic mass is 16.4. The lowest BCUT2D eigenvalue weighted by Gasteiger charge is -2.43. The highest BCUT2D eigenvalue weighted by Gasteiger charge is 2.50. The van der Waals surface area contributed by atoms with Crippen molar-refractivity contribution in [3.8, 4) is 0 Å². The number of carboxylic acids is 1. The molecule has 1 fully saturated rings. The van der Waals surface area contributed by atoms with E-state index in [0.29, 0.717) is 12.8 Å². The number of aryl methyl sites for hydroxylation is 1. The molecule has 0 radical (unpaired) electrons. The third-order valence-electron chi connectivity index (χ3n) is 4.07. The minimum Gasteiger partial charge on any atom is -0.481 e. The molecule has 18 heavy (non-hydrogen) atoms. The molecule has 0 amide bonds. The minimum atomic E-state index is -0.774. The maximum atomic E-state index is 11.5. The number of hydrogen-bond donors (Lipinski definition) is 2. The number of carbonyl (C=O) groups is 1. The Balaban J connectivity index is 2.10. The number of nitrogens with two attached hydrogens (primary N) is 1. The van der Waals surface area contributed by atoms with E-state index in [2.05, 4.69) is 0 Å². The van der Waals surface area contributed by atoms with E-state index in [1.54, 1.807) is 0 Å². The van der Waals surface area contributed by atoms with E-state index in [-0.39, 0.29) is 6.04 Å². The standard InChI is InChI=1S/C14H16N2O2/c1-16-5-4-9-6-10(2-3-12(9)16)14(13(17)18)7-11(15)8-14/h2-6,11H,7-8,15H2,1H3,(H,17,18). The number of aliphatic carboxylic acids is 1. The molecule has 0 atom stereocenters. The molecule has 0 saturated heterocycles. The SMILES string of the molecule is Cn1ccc2cc(C3(C(=O)O)CC(N)C3)ccc21. The number of fused-ring (bicyclic) bond motifs is 1. The zero-order valence-electron chi connectivity index (χ0n) is 10.3. The summed E-state index contributed by atoms with van der Waals surface area (Å²) in [5.74, 6) is -0.764. The summed E-state index contributed by atoms with van der Waals surface area (Å²) in [4.78, 5) is 11.5. The van der Waals surface area contributed by atoms with Crippen molar-refractivity contribution in [1.82, 2.24) is 4.57 Å². The van der Waals surface area contributed by atoms with E-state index in [4.69, 9.17) is 5.73 Å². The molecular formula is C14H16N2O2. The third-order valence-corrected chi connectivity index (χ3v) is 4.07. The largest absolute Gasteiger partial charge is 0.481 e. The number of benzene rings is 1. The van der Waals surface area contributed by atoms with Gasteiger partial charge in [-0.2, -0.15) is 0 Å². The Morgan fingerprint density at radius 3 is 2.78 bits per heavy atom. The van der Waals surface area contributed by atoms with Gasteiger partial charge in [0.25, 0.3) is 0 Å². The van der Waals surface area contributed by atoms with Gasteiger partial charge in [-0.3, -0.25) is 4.79 Å². The Morgan fingerprint density at radius 2 is 2.17 bits per heavy atom. The molecule has 4 heteroatoms. The average molecular weight is 244 g/mol. The summed E-state index contributed by atoms with van der Waals surface area (Å²) in [5, 5.41) is 10.6. The molecule has 0 bridgehead atoms. The van der Waals surface area contributed by atoms with Crippen molar-refractivity contribution in [1.29, 1.82) is 0 Å². The molecule has 3 N–H and O–H groups in total. The second kappa shape index (κ2) is 3.59. The van der Waals surface area contributed by atoms with Crippen LogP contribution in [0.3, 0.4) is 0 Å². The van der Waals surface area contributed by atoms with Crippen LogP contribution in [-0.4, -0.2) is 21.7 Å². The summed E-state index contributed by atoms with van der Waals surface area (Å²) in [6.45, 7) is 0. The van der Waals surface area contributed by atoms with Gasteiger partial charge in [0, 0.05) is 24.8 Å². The van der Waals surface area contributed by atoms with Crippen molar-refractivity contribution in [3.05, 3.63) is 36.0 Å². The number of hydrogen-bond acceptors (Lipinski definition) is 2. The second-order valence-corrected chi connectivity index (χ2v) is 5.26. The zero-order valence-corrected chi connectivity index (χ0v) is 10.3. The minimum absolute atomic E-state index is 0.00701. The van der Waals surface area contributed by atoms with Crippen LogP contribution in [-0.2, 0) is 17.3 Å². The molecule has 3 rings (SSSR count). The van der Waals surface area contributed by atoms with Crippen LogP contribution in [0, 0.1) is 0 Å². The summed E-state index contributed by atoms with van der Waals surface area (Å²) in [7, 11) is 1.98. The van der Waals surface area contributed by atoms with Crippen molar-refractivity contribution in [2.75, 3.05) is 0 Å². The first-order chi connectivity index (χ1) is 8.53. The third kappa shape index (κ3) is 1.39. The summed E-state index contributed by atoms with van der Waals surface area (Å²) in [5.41, 5.74) is 6.99. The summed E-state index contributed by atoms with van der Waals surface area (Å²) >= 11 is 0. The fraction of sp³-hybridized carbons (Fsp3) is 0.357. The fourth-order valence-electron chi connectivity index (χ4n) is 2.95. The summed E-state index contributed by atoms with van der Waals surface area (Å²) in [6.07, 6.45) is 3.04. The van der Waals surface area contributed by atoms with E-state index < -0.39 is 11.4 Å². The molecule has 0 unspecified atom stereocenters. The number of rotatable bonds is 2. The maximum absolute atomic E-state index is 11.5. The summed E-state index contributed by atoms with van der Waals surface area (Å²) < 4.78 is 2.03. The topological polar surface area (TPSA) is 68.2 Å². The normalized spacial score (nSPS) is 27.1. The quantitative estimate of drug-likeness (QED) is 0.843. The van der Waals surface area contributed by atoms with Crippen molar-refractivity contribution in [2.45, 2.75) is 24.3 Å². The number of carboxylic acid groups (broad SMARTS) is 1. The Bertz CT molecular complexity index is 624. The summed E-state index contributed by atoms with van der Waals surface area (Å²) in [6, 6.07) is 7.90. The van der Waals surface area contributed by atoms with Gasteiger partial charge in [-0.05, 0) is 42.0 Å². The Hall–Kier alpha value is -1.81. The smallest absolute Gasteiger partial charge is 0.314 e. The first kappa shape index (κ1) is 11.3. The van der Waals surface area contributed by atoms with Gasteiger partial charge in [-0.1, -0.05) is 6.07 Å². The van der Waals surface area contributed by atoms with E-state index in [1.165, 1.54) is 0 Å². The monoisotopic (exact) mass is 244 g/mol. The fourth-order valence-corrected chi connectivity index (χ4v) is 2.95. The van der Waals surface area contributed by atoms with Crippen molar-refractivity contribution in [2.24, 2.45) is 12.8 Å². The van der Waals surface area contributed by atoms with Crippen molar-refractivity contribution in [3.63, 3.8) is 0 Å². The molecule has 1 aliphatic rings. The van der Waals surface area contributed by atoms with Crippen LogP contribution in [0.5, 0.6) is 0 Å². The van der Waals surface area contributed by atoms with Crippen LogP contribution < -0.4 is 5.73 Å². The molecule has 1 aromatic heterocycles. The van der Waals surface area contributed by atoms with Gasteiger partial charge in [0.05, 0.1) is 5.41 Å². The molecule has 1 aliphatic carbocycles. The molecule has 94 valence electrons. The van der Waals surface area contributed by atoms with Crippen LogP contribution in [0.15, 0.2) is 30.5 Å². The van der Waals surface area contributed by atoms with Crippen LogP contribution in [0.1, 0.15) is 18.4 Å². The van der Waals surface area contributed by atoms with Gasteiger partial charge in [-0.25, -0.2) is 0 Å². The predicted octanol–water partition coefficient (Wildman–Crippen LogP) is 1.62. The van der Waals surface area contributed by atoms with E-state index >= 15 is 0 Å². The Morgan fingerprint density at radius 1 is 1.44 bits per heavy atom. The highest BCUT2D eigenvalue weighted by Crippen LogP contribution is 2.44. The van der Waals surface area contributed by atoms with Crippen LogP contribution in [0.2, 0.25) is 0 Å². The van der Waals surface area contributed by atoms with Gasteiger partial charge in [0.15, 0.2) is 0 Å². The lowest BCUT2D eigenvalue weighted by atomic mass is 9.62. The van der Waals surface area contributed by atoms with Gasteiger partial charge in [0.1, 0.15) is 0 Å². The lowest BCUT2D eigenvalue weighted by Crippen LogP contribution is -2.54. The van der Waals surface area contributed by atoms with Gasteiger partial charge in [0.2, 0.25) is 0 Å². The Kier molecular flexibility index (Phi) is 2.25. The van der Waals surface area contributed by atoms with E-state index in [1.807, 2.05) is 42.1 Å².